The van der Waals surface area contributed by atoms with Gasteiger partial charge in [0.2, 0.25) is 0 Å². The van der Waals surface area contributed by atoms with Crippen molar-refractivity contribution in [3.63, 3.8) is 0 Å². The Labute approximate surface area is 180 Å². The van der Waals surface area contributed by atoms with Crippen molar-refractivity contribution in [2.75, 3.05) is 13.7 Å². The highest BCUT2D eigenvalue weighted by molar-refractivity contribution is 8.18. The largest absolute Gasteiger partial charge is 0.496 e. The van der Waals surface area contributed by atoms with Gasteiger partial charge in [-0.1, -0.05) is 0 Å². The van der Waals surface area contributed by atoms with E-state index < -0.39 is 28.6 Å². The Morgan fingerprint density at radius 1 is 1.29 bits per heavy atom. The number of nitro groups is 1. The second kappa shape index (κ2) is 9.04. The van der Waals surface area contributed by atoms with E-state index in [9.17, 15) is 24.5 Å². The molecule has 1 aliphatic heterocycles. The predicted molar refractivity (Wildman–Crippen MR) is 111 cm³/mol. The highest BCUT2D eigenvalue weighted by Gasteiger charge is 2.37. The van der Waals surface area contributed by atoms with Gasteiger partial charge in [0.15, 0.2) is 0 Å². The second-order valence-electron chi connectivity index (χ2n) is 6.65. The summed E-state index contributed by atoms with van der Waals surface area (Å²) in [6.45, 7) is 2.85. The number of esters is 1. The molecule has 0 saturated carbocycles. The Morgan fingerprint density at radius 3 is 2.68 bits per heavy atom. The number of furan rings is 1. The highest BCUT2D eigenvalue weighted by Crippen LogP contribution is 2.36. The van der Waals surface area contributed by atoms with Crippen LogP contribution in [0.2, 0.25) is 0 Å². The Hall–Kier alpha value is -3.60. The summed E-state index contributed by atoms with van der Waals surface area (Å²) in [6.07, 6.45) is 1.00. The van der Waals surface area contributed by atoms with Gasteiger partial charge in [0.1, 0.15) is 23.8 Å². The lowest BCUT2D eigenvalue weighted by atomic mass is 10.1. The minimum atomic E-state index is -0.684. The molecule has 0 spiro atoms. The molecule has 1 aliphatic rings. The predicted octanol–water partition coefficient (Wildman–Crippen LogP) is 3.85. The summed E-state index contributed by atoms with van der Waals surface area (Å²) in [6, 6.07) is 7.20. The van der Waals surface area contributed by atoms with Crippen LogP contribution in [-0.2, 0) is 14.3 Å². The van der Waals surface area contributed by atoms with Gasteiger partial charge in [-0.25, -0.2) is 0 Å². The number of benzene rings is 1. The number of rotatable bonds is 7. The number of thioether (sulfide) groups is 1. The van der Waals surface area contributed by atoms with Crippen LogP contribution in [0.25, 0.3) is 17.4 Å². The maximum absolute atomic E-state index is 12.5. The summed E-state index contributed by atoms with van der Waals surface area (Å²) < 4.78 is 15.9. The molecule has 0 bridgehead atoms. The molecule has 10 nitrogen and oxygen atoms in total. The van der Waals surface area contributed by atoms with E-state index in [1.165, 1.54) is 31.4 Å². The molecule has 3 rings (SSSR count). The fraction of sp³-hybridized carbons (Fsp3) is 0.250. The van der Waals surface area contributed by atoms with Gasteiger partial charge in [-0.15, -0.1) is 0 Å². The number of imide groups is 1. The van der Waals surface area contributed by atoms with Gasteiger partial charge < -0.3 is 13.9 Å². The zero-order chi connectivity index (χ0) is 22.7. The molecule has 1 fully saturated rings. The maximum Gasteiger partial charge on any atom is 0.326 e. The van der Waals surface area contributed by atoms with Gasteiger partial charge in [-0.05, 0) is 43.8 Å². The van der Waals surface area contributed by atoms with Crippen LogP contribution >= 0.6 is 11.8 Å². The lowest BCUT2D eigenvalue weighted by molar-refractivity contribution is -0.384. The third-order valence-corrected chi connectivity index (χ3v) is 4.99. The molecule has 0 N–H and O–H groups in total. The molecule has 0 unspecified atom stereocenters. The number of methoxy groups -OCH3 is 1. The van der Waals surface area contributed by atoms with Crippen LogP contribution in [0.3, 0.4) is 0 Å². The van der Waals surface area contributed by atoms with Crippen LogP contribution in [0.4, 0.5) is 10.5 Å². The summed E-state index contributed by atoms with van der Waals surface area (Å²) in [5.41, 5.74) is 0.226. The highest BCUT2D eigenvalue weighted by atomic mass is 32.2. The lowest BCUT2D eigenvalue weighted by Crippen LogP contribution is -2.35. The molecule has 0 atom stereocenters. The van der Waals surface area contributed by atoms with E-state index >= 15 is 0 Å². The smallest absolute Gasteiger partial charge is 0.326 e. The van der Waals surface area contributed by atoms with E-state index in [1.807, 2.05) is 0 Å². The van der Waals surface area contributed by atoms with E-state index in [2.05, 4.69) is 0 Å². The number of amides is 2. The van der Waals surface area contributed by atoms with Crippen LogP contribution in [0.5, 0.6) is 5.75 Å². The monoisotopic (exact) mass is 446 g/mol. The van der Waals surface area contributed by atoms with Crippen molar-refractivity contribution >= 4 is 40.6 Å². The number of ether oxygens (including phenoxy) is 2. The second-order valence-corrected chi connectivity index (χ2v) is 7.64. The zero-order valence-electron chi connectivity index (χ0n) is 16.8. The number of non-ortho nitro benzene ring substituents is 1. The normalized spacial score (nSPS) is 15.1. The van der Waals surface area contributed by atoms with Crippen molar-refractivity contribution < 1.29 is 33.2 Å². The minimum absolute atomic E-state index is 0.0780. The van der Waals surface area contributed by atoms with E-state index in [4.69, 9.17) is 13.9 Å². The average Bonchev–Trinajstić information content (AvgIpc) is 3.27. The third-order valence-electron chi connectivity index (χ3n) is 4.09. The van der Waals surface area contributed by atoms with Crippen LogP contribution < -0.4 is 4.74 Å². The Kier molecular flexibility index (Phi) is 6.44. The molecule has 1 aromatic heterocycles. The average molecular weight is 446 g/mol. The number of carbonyl (C=O) groups is 3. The molecule has 1 aromatic carbocycles. The number of nitrogens with zero attached hydrogens (tertiary/aromatic N) is 2. The van der Waals surface area contributed by atoms with Crippen LogP contribution in [-0.4, -0.2) is 46.7 Å². The zero-order valence-corrected chi connectivity index (χ0v) is 17.6. The van der Waals surface area contributed by atoms with Gasteiger partial charge in [0.05, 0.1) is 28.6 Å². The van der Waals surface area contributed by atoms with Gasteiger partial charge in [0, 0.05) is 18.2 Å². The first-order valence-corrected chi connectivity index (χ1v) is 9.88. The van der Waals surface area contributed by atoms with E-state index in [-0.39, 0.29) is 28.2 Å². The third kappa shape index (κ3) is 4.94. The fourth-order valence-electron chi connectivity index (χ4n) is 2.77. The van der Waals surface area contributed by atoms with Crippen molar-refractivity contribution in [1.29, 1.82) is 0 Å². The van der Waals surface area contributed by atoms with E-state index in [1.54, 1.807) is 26.0 Å². The first kappa shape index (κ1) is 22.1. The lowest BCUT2D eigenvalue weighted by Gasteiger charge is -2.13. The molecule has 0 aliphatic carbocycles. The molecule has 1 saturated heterocycles. The van der Waals surface area contributed by atoms with E-state index in [0.717, 1.165) is 4.90 Å². The Bertz CT molecular complexity index is 1090. The molecular weight excluding hydrogens is 428 g/mol. The summed E-state index contributed by atoms with van der Waals surface area (Å²) in [4.78, 5) is 47.8. The standard InChI is InChI=1S/C20H18N2O8S/c1-11(2)29-18(23)10-21-19(24)17(31-20(21)25)9-13-5-7-16(30-13)14-8-12(22(26)27)4-6-15(14)28-3/h4-9,11H,10H2,1-3H3/b17-9+. The fourth-order valence-corrected chi connectivity index (χ4v) is 3.59. The number of hydrogen-bond donors (Lipinski definition) is 0. The summed E-state index contributed by atoms with van der Waals surface area (Å²) in [7, 11) is 1.43. The van der Waals surface area contributed by atoms with E-state index in [0.29, 0.717) is 23.1 Å². The van der Waals surface area contributed by atoms with Crippen molar-refractivity contribution in [1.82, 2.24) is 4.90 Å². The first-order valence-electron chi connectivity index (χ1n) is 9.07. The molecule has 2 amide bonds. The van der Waals surface area contributed by atoms with Crippen molar-refractivity contribution in [2.24, 2.45) is 0 Å². The summed E-state index contributed by atoms with van der Waals surface area (Å²) in [5, 5.41) is 10.5. The molecule has 2 heterocycles. The van der Waals surface area contributed by atoms with Crippen LogP contribution in [0, 0.1) is 10.1 Å². The van der Waals surface area contributed by atoms with Gasteiger partial charge >= 0.3 is 5.97 Å². The Balaban J connectivity index is 1.83. The summed E-state index contributed by atoms with van der Waals surface area (Å²) >= 11 is 0.673. The maximum atomic E-state index is 12.5. The molecule has 11 heteroatoms. The van der Waals surface area contributed by atoms with Crippen molar-refractivity contribution in [3.8, 4) is 17.1 Å². The molecular formula is C20H18N2O8S. The van der Waals surface area contributed by atoms with Gasteiger partial charge in [-0.3, -0.25) is 29.4 Å². The minimum Gasteiger partial charge on any atom is -0.496 e. The topological polar surface area (TPSA) is 129 Å². The molecule has 162 valence electrons. The molecule has 0 radical (unpaired) electrons. The first-order chi connectivity index (χ1) is 14.7. The Morgan fingerprint density at radius 2 is 2.03 bits per heavy atom. The summed E-state index contributed by atoms with van der Waals surface area (Å²) in [5.74, 6) is -0.418. The molecule has 2 aromatic rings. The van der Waals surface area contributed by atoms with Crippen LogP contribution in [0.1, 0.15) is 19.6 Å². The quantitative estimate of drug-likeness (QED) is 0.269. The van der Waals surface area contributed by atoms with Crippen LogP contribution in [0.15, 0.2) is 39.7 Å². The van der Waals surface area contributed by atoms with Gasteiger partial charge in [0.25, 0.3) is 16.8 Å². The number of carbonyl (C=O) groups excluding carboxylic acids is 3. The number of nitro benzene ring substituents is 1. The van der Waals surface area contributed by atoms with Gasteiger partial charge in [-0.2, -0.15) is 0 Å². The van der Waals surface area contributed by atoms with Crippen molar-refractivity contribution in [3.05, 3.63) is 51.1 Å². The SMILES string of the molecule is COc1ccc([N+](=O)[O-])cc1-c1ccc(/C=C2/SC(=O)N(CC(=O)OC(C)C)C2=O)o1. The molecule has 31 heavy (non-hydrogen) atoms. The van der Waals surface area contributed by atoms with Crippen molar-refractivity contribution in [2.45, 2.75) is 20.0 Å². The number of hydrogen-bond acceptors (Lipinski definition) is 9.